The lowest BCUT2D eigenvalue weighted by Gasteiger charge is -2.34. The van der Waals surface area contributed by atoms with Crippen molar-refractivity contribution in [3.05, 3.63) is 72.3 Å². The first-order chi connectivity index (χ1) is 14.9. The van der Waals surface area contributed by atoms with Crippen molar-refractivity contribution < 1.29 is 17.6 Å². The standard InChI is InChI=1S/C21H21FN4O3S2/c1-30-21-23-15-19(26(21)17-5-3-2-4-6-17)20(27)24-11-13-25(14-12-24)31(28,29)18-9-7-16(22)8-10-18/h2-10,15H,11-14H2,1H3. The highest BCUT2D eigenvalue weighted by Crippen LogP contribution is 2.24. The number of thioether (sulfide) groups is 1. The van der Waals surface area contributed by atoms with Crippen LogP contribution >= 0.6 is 11.8 Å². The molecule has 0 saturated carbocycles. The van der Waals surface area contributed by atoms with Crippen LogP contribution in [0.1, 0.15) is 10.5 Å². The smallest absolute Gasteiger partial charge is 0.272 e. The highest BCUT2D eigenvalue weighted by Gasteiger charge is 2.32. The van der Waals surface area contributed by atoms with E-state index in [4.69, 9.17) is 0 Å². The number of aromatic nitrogens is 2. The Hall–Kier alpha value is -2.69. The normalized spacial score (nSPS) is 15.2. The van der Waals surface area contributed by atoms with Crippen molar-refractivity contribution in [1.82, 2.24) is 18.8 Å². The van der Waals surface area contributed by atoms with Crippen molar-refractivity contribution in [3.63, 3.8) is 0 Å². The topological polar surface area (TPSA) is 75.5 Å². The first-order valence-electron chi connectivity index (χ1n) is 9.64. The molecule has 2 aromatic carbocycles. The lowest BCUT2D eigenvalue weighted by atomic mass is 10.3. The van der Waals surface area contributed by atoms with Crippen LogP contribution in [0.2, 0.25) is 0 Å². The minimum absolute atomic E-state index is 0.0421. The largest absolute Gasteiger partial charge is 0.335 e. The predicted molar refractivity (Wildman–Crippen MR) is 116 cm³/mol. The summed E-state index contributed by atoms with van der Waals surface area (Å²) < 4.78 is 41.9. The molecule has 1 amide bonds. The van der Waals surface area contributed by atoms with Crippen molar-refractivity contribution >= 4 is 27.7 Å². The zero-order valence-corrected chi connectivity index (χ0v) is 18.4. The third-order valence-corrected chi connectivity index (χ3v) is 7.69. The molecular weight excluding hydrogens is 439 g/mol. The summed E-state index contributed by atoms with van der Waals surface area (Å²) in [6.07, 6.45) is 3.46. The summed E-state index contributed by atoms with van der Waals surface area (Å²) in [5.41, 5.74) is 1.27. The molecule has 1 fully saturated rings. The fraction of sp³-hybridized carbons (Fsp3) is 0.238. The van der Waals surface area contributed by atoms with Gasteiger partial charge in [-0.05, 0) is 42.7 Å². The van der Waals surface area contributed by atoms with Gasteiger partial charge in [0, 0.05) is 31.9 Å². The third kappa shape index (κ3) is 4.23. The van der Waals surface area contributed by atoms with E-state index in [1.807, 2.05) is 41.2 Å². The number of carbonyl (C=O) groups excluding carboxylic acids is 1. The number of rotatable bonds is 5. The lowest BCUT2D eigenvalue weighted by molar-refractivity contribution is 0.0689. The van der Waals surface area contributed by atoms with Gasteiger partial charge in [-0.3, -0.25) is 9.36 Å². The molecule has 10 heteroatoms. The first-order valence-corrected chi connectivity index (χ1v) is 12.3. The van der Waals surface area contributed by atoms with Gasteiger partial charge in [0.1, 0.15) is 11.5 Å². The maximum absolute atomic E-state index is 13.2. The van der Waals surface area contributed by atoms with Crippen LogP contribution in [0.5, 0.6) is 0 Å². The molecule has 2 heterocycles. The van der Waals surface area contributed by atoms with Crippen LogP contribution in [0.4, 0.5) is 4.39 Å². The number of benzene rings is 2. The van der Waals surface area contributed by atoms with Crippen molar-refractivity contribution in [2.75, 3.05) is 32.4 Å². The number of hydrogen-bond donors (Lipinski definition) is 0. The van der Waals surface area contributed by atoms with E-state index >= 15 is 0 Å². The molecule has 162 valence electrons. The number of para-hydroxylation sites is 1. The Kier molecular flexibility index (Phi) is 6.12. The average Bonchev–Trinajstić information content (AvgIpc) is 3.24. The monoisotopic (exact) mass is 460 g/mol. The van der Waals surface area contributed by atoms with Crippen molar-refractivity contribution in [1.29, 1.82) is 0 Å². The number of sulfonamides is 1. The van der Waals surface area contributed by atoms with Gasteiger partial charge < -0.3 is 4.90 Å². The zero-order chi connectivity index (χ0) is 22.0. The molecule has 0 radical (unpaired) electrons. The molecule has 0 unspecified atom stereocenters. The van der Waals surface area contributed by atoms with E-state index in [-0.39, 0.29) is 37.0 Å². The molecule has 1 saturated heterocycles. The molecule has 0 bridgehead atoms. The Balaban J connectivity index is 1.52. The maximum atomic E-state index is 13.2. The zero-order valence-electron chi connectivity index (χ0n) is 16.8. The summed E-state index contributed by atoms with van der Waals surface area (Å²) in [7, 11) is -3.74. The summed E-state index contributed by atoms with van der Waals surface area (Å²) in [4.78, 5) is 19.3. The van der Waals surface area contributed by atoms with Gasteiger partial charge in [0.15, 0.2) is 5.16 Å². The average molecular weight is 461 g/mol. The molecule has 0 N–H and O–H groups in total. The molecule has 0 spiro atoms. The van der Waals surface area contributed by atoms with Gasteiger partial charge in [0.05, 0.1) is 11.1 Å². The van der Waals surface area contributed by atoms with Gasteiger partial charge in [0.25, 0.3) is 5.91 Å². The minimum atomic E-state index is -3.74. The number of halogens is 1. The van der Waals surface area contributed by atoms with E-state index < -0.39 is 15.8 Å². The third-order valence-electron chi connectivity index (χ3n) is 5.12. The second kappa shape index (κ2) is 8.81. The lowest BCUT2D eigenvalue weighted by Crippen LogP contribution is -2.50. The van der Waals surface area contributed by atoms with Crippen molar-refractivity contribution in [3.8, 4) is 5.69 Å². The molecule has 7 nitrogen and oxygen atoms in total. The number of nitrogens with zero attached hydrogens (tertiary/aromatic N) is 4. The van der Waals surface area contributed by atoms with Crippen molar-refractivity contribution in [2.45, 2.75) is 10.1 Å². The number of amides is 1. The summed E-state index contributed by atoms with van der Waals surface area (Å²) in [5, 5.41) is 0.701. The van der Waals surface area contributed by atoms with Crippen LogP contribution in [0, 0.1) is 5.82 Å². The van der Waals surface area contributed by atoms with Gasteiger partial charge >= 0.3 is 0 Å². The molecule has 0 atom stereocenters. The van der Waals surface area contributed by atoms with E-state index in [2.05, 4.69) is 4.98 Å². The Morgan fingerprint density at radius 1 is 1.00 bits per heavy atom. The fourth-order valence-electron chi connectivity index (χ4n) is 3.51. The number of imidazole rings is 1. The maximum Gasteiger partial charge on any atom is 0.272 e. The molecule has 1 aromatic heterocycles. The van der Waals surface area contributed by atoms with Crippen molar-refractivity contribution in [2.24, 2.45) is 0 Å². The van der Waals surface area contributed by atoms with Crippen LogP contribution in [0.3, 0.4) is 0 Å². The van der Waals surface area contributed by atoms with Gasteiger partial charge in [-0.25, -0.2) is 17.8 Å². The van der Waals surface area contributed by atoms with Gasteiger partial charge in [-0.15, -0.1) is 0 Å². The molecule has 3 aromatic rings. The quantitative estimate of drug-likeness (QED) is 0.548. The minimum Gasteiger partial charge on any atom is -0.335 e. The highest BCUT2D eigenvalue weighted by atomic mass is 32.2. The van der Waals surface area contributed by atoms with Gasteiger partial charge in [-0.1, -0.05) is 30.0 Å². The summed E-state index contributed by atoms with van der Waals surface area (Å²) in [5.74, 6) is -0.690. The highest BCUT2D eigenvalue weighted by molar-refractivity contribution is 7.98. The van der Waals surface area contributed by atoms with E-state index in [0.29, 0.717) is 10.9 Å². The summed E-state index contributed by atoms with van der Waals surface area (Å²) >= 11 is 1.44. The van der Waals surface area contributed by atoms with Gasteiger partial charge in [0.2, 0.25) is 10.0 Å². The second-order valence-corrected chi connectivity index (χ2v) is 9.66. The molecule has 0 aliphatic carbocycles. The molecular formula is C21H21FN4O3S2. The number of carbonyl (C=O) groups is 1. The SMILES string of the molecule is CSc1ncc(C(=O)N2CCN(S(=O)(=O)c3ccc(F)cc3)CC2)n1-c1ccccc1. The van der Waals surface area contributed by atoms with Crippen LogP contribution in [0.25, 0.3) is 5.69 Å². The number of piperazine rings is 1. The van der Waals surface area contributed by atoms with E-state index in [9.17, 15) is 17.6 Å². The number of hydrogen-bond acceptors (Lipinski definition) is 5. The predicted octanol–water partition coefficient (Wildman–Crippen LogP) is 2.88. The molecule has 31 heavy (non-hydrogen) atoms. The van der Waals surface area contributed by atoms with Crippen LogP contribution in [0.15, 0.2) is 70.8 Å². The Bertz CT molecular complexity index is 1170. The molecule has 1 aliphatic rings. The Morgan fingerprint density at radius 3 is 2.26 bits per heavy atom. The van der Waals surface area contributed by atoms with E-state index in [0.717, 1.165) is 17.8 Å². The van der Waals surface area contributed by atoms with Gasteiger partial charge in [-0.2, -0.15) is 4.31 Å². The van der Waals surface area contributed by atoms with E-state index in [1.54, 1.807) is 11.1 Å². The molecule has 4 rings (SSSR count). The fourth-order valence-corrected chi connectivity index (χ4v) is 5.47. The van der Waals surface area contributed by atoms with Crippen LogP contribution < -0.4 is 0 Å². The van der Waals surface area contributed by atoms with Crippen LogP contribution in [-0.2, 0) is 10.0 Å². The summed E-state index contributed by atoms with van der Waals surface area (Å²) in [6.45, 7) is 0.849. The Labute approximate surface area is 184 Å². The summed E-state index contributed by atoms with van der Waals surface area (Å²) in [6, 6.07) is 14.3. The second-order valence-electron chi connectivity index (χ2n) is 6.95. The van der Waals surface area contributed by atoms with Crippen LogP contribution in [-0.4, -0.2) is 65.5 Å². The Morgan fingerprint density at radius 2 is 1.65 bits per heavy atom. The molecule has 1 aliphatic heterocycles. The van der Waals surface area contributed by atoms with E-state index in [1.165, 1.54) is 28.2 Å². The first kappa shape index (κ1) is 21.5.